The molecule has 0 radical (unpaired) electrons. The number of rotatable bonds is 2. The van der Waals surface area contributed by atoms with Crippen molar-refractivity contribution in [2.45, 2.75) is 25.7 Å². The molecule has 1 N–H and O–H groups in total. The number of benzene rings is 1. The van der Waals surface area contributed by atoms with Gasteiger partial charge in [0.15, 0.2) is 0 Å². The Morgan fingerprint density at radius 2 is 2.00 bits per heavy atom. The van der Waals surface area contributed by atoms with E-state index in [-0.39, 0.29) is 12.4 Å². The third kappa shape index (κ3) is 3.10. The predicted molar refractivity (Wildman–Crippen MR) is 80.0 cm³/mol. The lowest BCUT2D eigenvalue weighted by Gasteiger charge is -2.25. The minimum Gasteiger partial charge on any atom is -0.317 e. The molecule has 0 bridgehead atoms. The first-order valence-electron chi connectivity index (χ1n) is 6.93. The van der Waals surface area contributed by atoms with Crippen LogP contribution < -0.4 is 10.2 Å². The number of hydrogen-bond acceptors (Lipinski definition) is 2. The monoisotopic (exact) mass is 280 g/mol. The van der Waals surface area contributed by atoms with Crippen LogP contribution in [0.3, 0.4) is 0 Å². The molecule has 1 amide bonds. The van der Waals surface area contributed by atoms with Gasteiger partial charge >= 0.3 is 0 Å². The van der Waals surface area contributed by atoms with E-state index in [9.17, 15) is 4.79 Å². The second-order valence-electron chi connectivity index (χ2n) is 5.32. The second kappa shape index (κ2) is 6.40. The number of carbonyl (C=O) groups is 1. The normalized spacial score (nSPS) is 18.8. The molecule has 0 unspecified atom stereocenters. The molecule has 3 nitrogen and oxygen atoms in total. The lowest BCUT2D eigenvalue weighted by Crippen LogP contribution is -2.34. The van der Waals surface area contributed by atoms with Crippen molar-refractivity contribution in [2.75, 3.05) is 24.5 Å². The summed E-state index contributed by atoms with van der Waals surface area (Å²) in [6, 6.07) is 8.28. The highest BCUT2D eigenvalue weighted by Crippen LogP contribution is 2.29. The number of hydrogen-bond donors (Lipinski definition) is 1. The molecular formula is C15H21ClN2O. The molecule has 0 aliphatic carbocycles. The van der Waals surface area contributed by atoms with Crippen LogP contribution in [0.2, 0.25) is 0 Å². The summed E-state index contributed by atoms with van der Waals surface area (Å²) in [5, 5.41) is 3.35. The summed E-state index contributed by atoms with van der Waals surface area (Å²) < 4.78 is 0. The van der Waals surface area contributed by atoms with Crippen LogP contribution in [-0.4, -0.2) is 25.5 Å². The first-order valence-corrected chi connectivity index (χ1v) is 6.93. The summed E-state index contributed by atoms with van der Waals surface area (Å²) >= 11 is 0. The first kappa shape index (κ1) is 14.4. The molecule has 0 aromatic heterocycles. The van der Waals surface area contributed by atoms with Gasteiger partial charge in [0.05, 0.1) is 0 Å². The van der Waals surface area contributed by atoms with E-state index < -0.39 is 0 Å². The van der Waals surface area contributed by atoms with Gasteiger partial charge in [-0.05, 0) is 49.9 Å². The third-order valence-electron chi connectivity index (χ3n) is 4.11. The summed E-state index contributed by atoms with van der Waals surface area (Å²) in [6.45, 7) is 2.99. The lowest BCUT2D eigenvalue weighted by molar-refractivity contribution is -0.119. The van der Waals surface area contributed by atoms with Crippen LogP contribution in [0.5, 0.6) is 0 Å². The van der Waals surface area contributed by atoms with Gasteiger partial charge in [-0.1, -0.05) is 18.2 Å². The first-order chi connectivity index (χ1) is 8.84. The quantitative estimate of drug-likeness (QED) is 0.902. The second-order valence-corrected chi connectivity index (χ2v) is 5.32. The molecule has 2 heterocycles. The van der Waals surface area contributed by atoms with E-state index in [0.717, 1.165) is 51.0 Å². The van der Waals surface area contributed by atoms with Gasteiger partial charge in [0.2, 0.25) is 5.91 Å². The Bertz CT molecular complexity index is 444. The number of carbonyl (C=O) groups excluding carboxylic acids is 1. The number of halogens is 1. The largest absolute Gasteiger partial charge is 0.317 e. The molecule has 4 heteroatoms. The topological polar surface area (TPSA) is 32.3 Å². The van der Waals surface area contributed by atoms with Gasteiger partial charge in [0.25, 0.3) is 0 Å². The van der Waals surface area contributed by atoms with Gasteiger partial charge in [-0.25, -0.2) is 0 Å². The Morgan fingerprint density at radius 1 is 1.26 bits per heavy atom. The molecule has 1 aromatic carbocycles. The van der Waals surface area contributed by atoms with Gasteiger partial charge in [-0.3, -0.25) is 4.79 Å². The van der Waals surface area contributed by atoms with Gasteiger partial charge in [-0.2, -0.15) is 0 Å². The van der Waals surface area contributed by atoms with Gasteiger partial charge < -0.3 is 10.2 Å². The number of fused-ring (bicyclic) bond motifs is 1. The molecule has 2 aliphatic rings. The standard InChI is InChI=1S/C15H20N2O.ClH/c18-15(11-12-5-8-16-9-6-12)17-10-7-13-3-1-2-4-14(13)17;/h1-4,12,16H,5-11H2;1H. The Labute approximate surface area is 120 Å². The number of anilines is 1. The Kier molecular flexibility index (Phi) is 4.83. The Hall–Kier alpha value is -1.06. The van der Waals surface area contributed by atoms with Crippen molar-refractivity contribution in [1.29, 1.82) is 0 Å². The van der Waals surface area contributed by atoms with E-state index >= 15 is 0 Å². The van der Waals surface area contributed by atoms with Crippen LogP contribution in [0.4, 0.5) is 5.69 Å². The zero-order valence-corrected chi connectivity index (χ0v) is 11.9. The van der Waals surface area contributed by atoms with E-state index in [4.69, 9.17) is 0 Å². The number of nitrogens with zero attached hydrogens (tertiary/aromatic N) is 1. The molecule has 2 aliphatic heterocycles. The number of amides is 1. The van der Waals surface area contributed by atoms with Crippen LogP contribution in [0.1, 0.15) is 24.8 Å². The molecule has 1 fully saturated rings. The van der Waals surface area contributed by atoms with Gasteiger partial charge in [-0.15, -0.1) is 12.4 Å². The average Bonchev–Trinajstić information content (AvgIpc) is 2.84. The molecule has 1 saturated heterocycles. The number of nitrogens with one attached hydrogen (secondary N) is 1. The zero-order chi connectivity index (χ0) is 12.4. The van der Waals surface area contributed by atoms with Crippen LogP contribution in [0, 0.1) is 5.92 Å². The van der Waals surface area contributed by atoms with Crippen LogP contribution in [0.15, 0.2) is 24.3 Å². The SMILES string of the molecule is Cl.O=C(CC1CCNCC1)N1CCc2ccccc21. The van der Waals surface area contributed by atoms with Gasteiger partial charge in [0.1, 0.15) is 0 Å². The fourth-order valence-electron chi connectivity index (χ4n) is 3.04. The summed E-state index contributed by atoms with van der Waals surface area (Å²) in [5.74, 6) is 0.887. The fraction of sp³-hybridized carbons (Fsp3) is 0.533. The third-order valence-corrected chi connectivity index (χ3v) is 4.11. The number of para-hydroxylation sites is 1. The summed E-state index contributed by atoms with van der Waals surface area (Å²) in [7, 11) is 0. The minimum atomic E-state index is 0. The highest BCUT2D eigenvalue weighted by atomic mass is 35.5. The lowest BCUT2D eigenvalue weighted by atomic mass is 9.94. The van der Waals surface area contributed by atoms with Crippen LogP contribution in [-0.2, 0) is 11.2 Å². The smallest absolute Gasteiger partial charge is 0.227 e. The van der Waals surface area contributed by atoms with E-state index in [0.29, 0.717) is 11.8 Å². The van der Waals surface area contributed by atoms with Crippen LogP contribution >= 0.6 is 12.4 Å². The molecule has 19 heavy (non-hydrogen) atoms. The Morgan fingerprint density at radius 3 is 2.79 bits per heavy atom. The van der Waals surface area contributed by atoms with E-state index in [2.05, 4.69) is 23.5 Å². The zero-order valence-electron chi connectivity index (χ0n) is 11.1. The maximum absolute atomic E-state index is 12.4. The van der Waals surface area contributed by atoms with E-state index in [1.165, 1.54) is 5.56 Å². The van der Waals surface area contributed by atoms with E-state index in [1.54, 1.807) is 0 Å². The Balaban J connectivity index is 0.00000133. The van der Waals surface area contributed by atoms with E-state index in [1.807, 2.05) is 11.0 Å². The van der Waals surface area contributed by atoms with Crippen molar-refractivity contribution in [3.05, 3.63) is 29.8 Å². The molecule has 104 valence electrons. The summed E-state index contributed by atoms with van der Waals surface area (Å²) in [5.41, 5.74) is 2.45. The van der Waals surface area contributed by atoms with Crippen molar-refractivity contribution in [3.8, 4) is 0 Å². The molecule has 1 aromatic rings. The summed E-state index contributed by atoms with van der Waals surface area (Å²) in [6.07, 6.45) is 4.01. The minimum absolute atomic E-state index is 0. The molecular weight excluding hydrogens is 260 g/mol. The number of piperidine rings is 1. The van der Waals surface area contributed by atoms with Crippen molar-refractivity contribution < 1.29 is 4.79 Å². The maximum Gasteiger partial charge on any atom is 0.227 e. The predicted octanol–water partition coefficient (Wildman–Crippen LogP) is 2.39. The van der Waals surface area contributed by atoms with Crippen molar-refractivity contribution in [1.82, 2.24) is 5.32 Å². The van der Waals surface area contributed by atoms with Crippen LogP contribution in [0.25, 0.3) is 0 Å². The van der Waals surface area contributed by atoms with Crippen molar-refractivity contribution in [3.63, 3.8) is 0 Å². The highest BCUT2D eigenvalue weighted by molar-refractivity contribution is 5.95. The fourth-order valence-corrected chi connectivity index (χ4v) is 3.04. The van der Waals surface area contributed by atoms with Crippen molar-refractivity contribution in [2.24, 2.45) is 5.92 Å². The molecule has 0 atom stereocenters. The molecule has 0 spiro atoms. The highest BCUT2D eigenvalue weighted by Gasteiger charge is 2.26. The molecule has 3 rings (SSSR count). The maximum atomic E-state index is 12.4. The van der Waals surface area contributed by atoms with Gasteiger partial charge in [0, 0.05) is 18.7 Å². The summed E-state index contributed by atoms with van der Waals surface area (Å²) in [4.78, 5) is 14.4. The molecule has 0 saturated carbocycles. The van der Waals surface area contributed by atoms with Crippen molar-refractivity contribution >= 4 is 24.0 Å². The average molecular weight is 281 g/mol.